The molecule has 4 heteroatoms. The van der Waals surface area contributed by atoms with Crippen molar-refractivity contribution in [1.29, 1.82) is 0 Å². The van der Waals surface area contributed by atoms with Crippen molar-refractivity contribution in [2.75, 3.05) is 19.0 Å². The molecule has 1 atom stereocenters. The first-order valence-corrected chi connectivity index (χ1v) is 5.59. The Morgan fingerprint density at radius 2 is 2.47 bits per heavy atom. The molecule has 1 saturated carbocycles. The van der Waals surface area contributed by atoms with Gasteiger partial charge in [0.25, 0.3) is 0 Å². The molecule has 84 valence electrons. The molecule has 1 aliphatic rings. The minimum atomic E-state index is 0.439. The molecule has 0 aliphatic heterocycles. The van der Waals surface area contributed by atoms with Gasteiger partial charge in [-0.15, -0.1) is 0 Å². The predicted octanol–water partition coefficient (Wildman–Crippen LogP) is 2.05. The van der Waals surface area contributed by atoms with E-state index in [2.05, 4.69) is 21.8 Å². The van der Waals surface area contributed by atoms with Crippen LogP contribution >= 0.6 is 0 Å². The van der Waals surface area contributed by atoms with Crippen LogP contribution in [-0.2, 0) is 4.74 Å². The number of imidazole rings is 1. The van der Waals surface area contributed by atoms with Crippen molar-refractivity contribution in [2.45, 2.75) is 38.3 Å². The molecule has 0 aromatic carbocycles. The van der Waals surface area contributed by atoms with Crippen LogP contribution in [0.3, 0.4) is 0 Å². The fourth-order valence-electron chi connectivity index (χ4n) is 1.62. The Hall–Kier alpha value is -1.03. The number of rotatable bonds is 6. The predicted molar refractivity (Wildman–Crippen MR) is 60.1 cm³/mol. The molecule has 4 nitrogen and oxygen atoms in total. The number of methoxy groups -OCH3 is 1. The molecule has 1 heterocycles. The number of nitrogens with zero attached hydrogens (tertiary/aromatic N) is 2. The number of hydrogen-bond acceptors (Lipinski definition) is 3. The van der Waals surface area contributed by atoms with Gasteiger partial charge in [0, 0.05) is 38.2 Å². The van der Waals surface area contributed by atoms with Crippen molar-refractivity contribution in [3.63, 3.8) is 0 Å². The molecule has 15 heavy (non-hydrogen) atoms. The number of anilines is 1. The first-order chi connectivity index (χ1) is 7.31. The van der Waals surface area contributed by atoms with E-state index in [1.165, 1.54) is 12.8 Å². The first kappa shape index (κ1) is 10.5. The van der Waals surface area contributed by atoms with Gasteiger partial charge < -0.3 is 14.6 Å². The summed E-state index contributed by atoms with van der Waals surface area (Å²) in [7, 11) is 1.74. The fraction of sp³-hybridized carbons (Fsp3) is 0.727. The third-order valence-electron chi connectivity index (χ3n) is 2.79. The Labute approximate surface area is 90.6 Å². The van der Waals surface area contributed by atoms with E-state index in [9.17, 15) is 0 Å². The maximum absolute atomic E-state index is 5.09. The third-order valence-corrected chi connectivity index (χ3v) is 2.79. The maximum Gasteiger partial charge on any atom is 0.203 e. The highest BCUT2D eigenvalue weighted by atomic mass is 16.5. The van der Waals surface area contributed by atoms with E-state index in [0.717, 1.165) is 19.0 Å². The van der Waals surface area contributed by atoms with Gasteiger partial charge >= 0.3 is 0 Å². The molecule has 0 amide bonds. The Balaban J connectivity index is 1.95. The molecule has 1 aliphatic carbocycles. The molecular formula is C11H19N3O. The van der Waals surface area contributed by atoms with Crippen molar-refractivity contribution < 1.29 is 4.74 Å². The Morgan fingerprint density at radius 3 is 3.13 bits per heavy atom. The van der Waals surface area contributed by atoms with Gasteiger partial charge in [-0.1, -0.05) is 0 Å². The largest absolute Gasteiger partial charge is 0.385 e. The number of nitrogens with one attached hydrogen (secondary N) is 1. The zero-order valence-electron chi connectivity index (χ0n) is 9.44. The van der Waals surface area contributed by atoms with E-state index >= 15 is 0 Å². The van der Waals surface area contributed by atoms with E-state index in [-0.39, 0.29) is 0 Å². The summed E-state index contributed by atoms with van der Waals surface area (Å²) in [5, 5.41) is 3.43. The van der Waals surface area contributed by atoms with E-state index in [0.29, 0.717) is 12.1 Å². The molecule has 1 unspecified atom stereocenters. The SMILES string of the molecule is COCCC(C)n1ccnc1NC1CC1. The molecule has 0 radical (unpaired) electrons. The van der Waals surface area contributed by atoms with Crippen LogP contribution in [0.5, 0.6) is 0 Å². The zero-order valence-corrected chi connectivity index (χ0v) is 9.44. The summed E-state index contributed by atoms with van der Waals surface area (Å²) in [4.78, 5) is 4.34. The summed E-state index contributed by atoms with van der Waals surface area (Å²) in [6.45, 7) is 2.99. The van der Waals surface area contributed by atoms with Crippen molar-refractivity contribution in [2.24, 2.45) is 0 Å². The van der Waals surface area contributed by atoms with Crippen LogP contribution in [0.4, 0.5) is 5.95 Å². The smallest absolute Gasteiger partial charge is 0.203 e. The summed E-state index contributed by atoms with van der Waals surface area (Å²) in [6.07, 6.45) is 7.46. The van der Waals surface area contributed by atoms with Crippen molar-refractivity contribution in [3.8, 4) is 0 Å². The lowest BCUT2D eigenvalue weighted by Crippen LogP contribution is -2.13. The minimum absolute atomic E-state index is 0.439. The average Bonchev–Trinajstić information content (AvgIpc) is 2.91. The standard InChI is InChI=1S/C11H19N3O/c1-9(5-8-15-2)14-7-6-12-11(14)13-10-3-4-10/h6-7,9-10H,3-5,8H2,1-2H3,(H,12,13). The normalized spacial score (nSPS) is 17.7. The molecule has 0 saturated heterocycles. The Morgan fingerprint density at radius 1 is 1.67 bits per heavy atom. The van der Waals surface area contributed by atoms with Gasteiger partial charge in [0.1, 0.15) is 0 Å². The van der Waals surface area contributed by atoms with Crippen LogP contribution in [0.25, 0.3) is 0 Å². The van der Waals surface area contributed by atoms with E-state index in [1.807, 2.05) is 12.4 Å². The average molecular weight is 209 g/mol. The summed E-state index contributed by atoms with van der Waals surface area (Å²) >= 11 is 0. The molecular weight excluding hydrogens is 190 g/mol. The quantitative estimate of drug-likeness (QED) is 0.779. The van der Waals surface area contributed by atoms with Crippen LogP contribution in [0.1, 0.15) is 32.2 Å². The zero-order chi connectivity index (χ0) is 10.7. The van der Waals surface area contributed by atoms with Gasteiger partial charge in [-0.25, -0.2) is 4.98 Å². The second-order valence-corrected chi connectivity index (χ2v) is 4.21. The molecule has 2 rings (SSSR count). The highest BCUT2D eigenvalue weighted by Gasteiger charge is 2.23. The monoisotopic (exact) mass is 209 g/mol. The summed E-state index contributed by atoms with van der Waals surface area (Å²) < 4.78 is 7.28. The van der Waals surface area contributed by atoms with Gasteiger partial charge in [-0.05, 0) is 26.2 Å². The number of ether oxygens (including phenoxy) is 1. The second-order valence-electron chi connectivity index (χ2n) is 4.21. The Bertz CT molecular complexity index is 307. The molecule has 1 fully saturated rings. The molecule has 1 N–H and O–H groups in total. The topological polar surface area (TPSA) is 39.1 Å². The van der Waals surface area contributed by atoms with Crippen LogP contribution in [0.15, 0.2) is 12.4 Å². The number of hydrogen-bond donors (Lipinski definition) is 1. The summed E-state index contributed by atoms with van der Waals surface area (Å²) in [6, 6.07) is 1.09. The summed E-state index contributed by atoms with van der Waals surface area (Å²) in [5.74, 6) is 1.00. The molecule has 1 aromatic heterocycles. The van der Waals surface area contributed by atoms with Gasteiger partial charge in [-0.2, -0.15) is 0 Å². The van der Waals surface area contributed by atoms with E-state index in [4.69, 9.17) is 4.74 Å². The highest BCUT2D eigenvalue weighted by molar-refractivity contribution is 5.30. The van der Waals surface area contributed by atoms with Crippen LogP contribution in [0.2, 0.25) is 0 Å². The Kier molecular flexibility index (Phi) is 3.26. The first-order valence-electron chi connectivity index (χ1n) is 5.59. The van der Waals surface area contributed by atoms with Crippen molar-refractivity contribution in [3.05, 3.63) is 12.4 Å². The van der Waals surface area contributed by atoms with E-state index < -0.39 is 0 Å². The lowest BCUT2D eigenvalue weighted by Gasteiger charge is -2.16. The fourth-order valence-corrected chi connectivity index (χ4v) is 1.62. The lowest BCUT2D eigenvalue weighted by molar-refractivity contribution is 0.181. The number of aromatic nitrogens is 2. The van der Waals surface area contributed by atoms with Gasteiger partial charge in [0.15, 0.2) is 0 Å². The van der Waals surface area contributed by atoms with E-state index in [1.54, 1.807) is 7.11 Å². The molecule has 1 aromatic rings. The van der Waals surface area contributed by atoms with Crippen LogP contribution < -0.4 is 5.32 Å². The maximum atomic E-state index is 5.09. The van der Waals surface area contributed by atoms with Gasteiger partial charge in [-0.3, -0.25) is 0 Å². The second kappa shape index (κ2) is 4.66. The van der Waals surface area contributed by atoms with Crippen molar-refractivity contribution in [1.82, 2.24) is 9.55 Å². The van der Waals surface area contributed by atoms with Gasteiger partial charge in [0.05, 0.1) is 0 Å². The highest BCUT2D eigenvalue weighted by Crippen LogP contribution is 2.25. The third kappa shape index (κ3) is 2.72. The lowest BCUT2D eigenvalue weighted by atomic mass is 10.2. The van der Waals surface area contributed by atoms with Crippen LogP contribution in [0, 0.1) is 0 Å². The molecule has 0 spiro atoms. The summed E-state index contributed by atoms with van der Waals surface area (Å²) in [5.41, 5.74) is 0. The van der Waals surface area contributed by atoms with Gasteiger partial charge in [0.2, 0.25) is 5.95 Å². The van der Waals surface area contributed by atoms with Crippen molar-refractivity contribution >= 4 is 5.95 Å². The van der Waals surface area contributed by atoms with Crippen LogP contribution in [-0.4, -0.2) is 29.3 Å². The molecule has 0 bridgehead atoms. The minimum Gasteiger partial charge on any atom is -0.385 e.